The molecule has 0 bridgehead atoms. The van der Waals surface area contributed by atoms with Crippen LogP contribution in [0, 0.1) is 0 Å². The number of aromatic nitrogens is 2. The highest BCUT2D eigenvalue weighted by molar-refractivity contribution is 7.98. The molecule has 1 aromatic heterocycles. The SMILES string of the molecule is CSCCc1ccc(NC(=O)C2(n3cccn3)CCNCC2)cc1. The third-order valence-corrected chi connectivity index (χ3v) is 5.22. The van der Waals surface area contributed by atoms with E-state index in [1.54, 1.807) is 6.20 Å². The second kappa shape index (κ2) is 7.85. The van der Waals surface area contributed by atoms with Crippen LogP contribution in [-0.4, -0.2) is 40.8 Å². The quantitative estimate of drug-likeness (QED) is 0.845. The molecule has 1 saturated heterocycles. The number of thioether (sulfide) groups is 1. The first-order valence-electron chi connectivity index (χ1n) is 8.35. The fourth-order valence-corrected chi connectivity index (χ4v) is 3.58. The van der Waals surface area contributed by atoms with E-state index in [-0.39, 0.29) is 5.91 Å². The van der Waals surface area contributed by atoms with Gasteiger partial charge in [0, 0.05) is 18.1 Å². The van der Waals surface area contributed by atoms with Crippen molar-refractivity contribution < 1.29 is 4.79 Å². The molecule has 1 aliphatic heterocycles. The maximum atomic E-state index is 13.0. The zero-order valence-electron chi connectivity index (χ0n) is 14.0. The maximum Gasteiger partial charge on any atom is 0.252 e. The summed E-state index contributed by atoms with van der Waals surface area (Å²) in [5.41, 5.74) is 1.54. The van der Waals surface area contributed by atoms with Crippen molar-refractivity contribution in [2.75, 3.05) is 30.4 Å². The molecule has 5 nitrogen and oxygen atoms in total. The topological polar surface area (TPSA) is 59.0 Å². The highest BCUT2D eigenvalue weighted by atomic mass is 32.2. The predicted molar refractivity (Wildman–Crippen MR) is 99.5 cm³/mol. The Bertz CT molecular complexity index is 648. The van der Waals surface area contributed by atoms with Gasteiger partial charge in [-0.25, -0.2) is 0 Å². The fraction of sp³-hybridized carbons (Fsp3) is 0.444. The molecule has 1 amide bonds. The van der Waals surface area contributed by atoms with Crippen LogP contribution in [0.4, 0.5) is 5.69 Å². The maximum absolute atomic E-state index is 13.0. The third kappa shape index (κ3) is 3.65. The number of carbonyl (C=O) groups is 1. The summed E-state index contributed by atoms with van der Waals surface area (Å²) in [4.78, 5) is 13.0. The summed E-state index contributed by atoms with van der Waals surface area (Å²) >= 11 is 1.84. The van der Waals surface area contributed by atoms with Crippen LogP contribution < -0.4 is 10.6 Å². The van der Waals surface area contributed by atoms with Crippen molar-refractivity contribution in [3.05, 3.63) is 48.3 Å². The van der Waals surface area contributed by atoms with Gasteiger partial charge in [0.15, 0.2) is 0 Å². The standard InChI is InChI=1S/C18H24N4OS/c1-24-14-7-15-3-5-16(6-4-15)21-17(23)18(8-11-19-12-9-18)22-13-2-10-20-22/h2-6,10,13,19H,7-9,11-12,14H2,1H3,(H,21,23). The smallest absolute Gasteiger partial charge is 0.252 e. The van der Waals surface area contributed by atoms with Crippen molar-refractivity contribution in [2.45, 2.75) is 24.8 Å². The van der Waals surface area contributed by atoms with Gasteiger partial charge in [-0.2, -0.15) is 16.9 Å². The first-order chi connectivity index (χ1) is 11.7. The molecule has 0 radical (unpaired) electrons. The van der Waals surface area contributed by atoms with Crippen molar-refractivity contribution in [1.82, 2.24) is 15.1 Å². The van der Waals surface area contributed by atoms with Crippen LogP contribution in [0.5, 0.6) is 0 Å². The van der Waals surface area contributed by atoms with E-state index in [1.807, 2.05) is 40.8 Å². The molecule has 0 atom stereocenters. The Morgan fingerprint density at radius 2 is 2.08 bits per heavy atom. The highest BCUT2D eigenvalue weighted by Gasteiger charge is 2.41. The Hall–Kier alpha value is -1.79. The average Bonchev–Trinajstić information content (AvgIpc) is 3.17. The van der Waals surface area contributed by atoms with Crippen molar-refractivity contribution in [2.24, 2.45) is 0 Å². The lowest BCUT2D eigenvalue weighted by molar-refractivity contribution is -0.126. The average molecular weight is 344 g/mol. The summed E-state index contributed by atoms with van der Waals surface area (Å²) in [6.07, 6.45) is 8.27. The molecule has 3 rings (SSSR count). The molecule has 2 aromatic rings. The fourth-order valence-electron chi connectivity index (χ4n) is 3.14. The van der Waals surface area contributed by atoms with Crippen LogP contribution in [0.25, 0.3) is 0 Å². The molecular formula is C18H24N4OS. The van der Waals surface area contributed by atoms with E-state index in [0.29, 0.717) is 0 Å². The number of benzene rings is 1. The lowest BCUT2D eigenvalue weighted by Gasteiger charge is -2.36. The summed E-state index contributed by atoms with van der Waals surface area (Å²) in [6.45, 7) is 1.64. The molecule has 0 aliphatic carbocycles. The van der Waals surface area contributed by atoms with Gasteiger partial charge in [-0.05, 0) is 68.1 Å². The number of nitrogens with zero attached hydrogens (tertiary/aromatic N) is 2. The summed E-state index contributed by atoms with van der Waals surface area (Å²) in [5.74, 6) is 1.13. The Kier molecular flexibility index (Phi) is 5.58. The van der Waals surface area contributed by atoms with E-state index in [2.05, 4.69) is 34.1 Å². The lowest BCUT2D eigenvalue weighted by Crippen LogP contribution is -2.52. The molecule has 2 N–H and O–H groups in total. The first kappa shape index (κ1) is 17.0. The van der Waals surface area contributed by atoms with Crippen LogP contribution in [0.3, 0.4) is 0 Å². The largest absolute Gasteiger partial charge is 0.324 e. The molecule has 1 aliphatic rings. The molecule has 128 valence electrons. The van der Waals surface area contributed by atoms with Crippen molar-refractivity contribution in [3.63, 3.8) is 0 Å². The van der Waals surface area contributed by atoms with Gasteiger partial charge in [0.25, 0.3) is 5.91 Å². The van der Waals surface area contributed by atoms with Crippen LogP contribution in [0.15, 0.2) is 42.7 Å². The number of amides is 1. The van der Waals surface area contributed by atoms with E-state index < -0.39 is 5.54 Å². The second-order valence-corrected chi connectivity index (χ2v) is 7.11. The summed E-state index contributed by atoms with van der Waals surface area (Å²) < 4.78 is 1.82. The van der Waals surface area contributed by atoms with Gasteiger partial charge in [-0.15, -0.1) is 0 Å². The number of rotatable bonds is 6. The molecule has 1 fully saturated rings. The number of aryl methyl sites for hydroxylation is 1. The number of anilines is 1. The molecule has 1 aromatic carbocycles. The van der Waals surface area contributed by atoms with E-state index in [1.165, 1.54) is 5.56 Å². The Morgan fingerprint density at radius 1 is 1.33 bits per heavy atom. The van der Waals surface area contributed by atoms with Crippen molar-refractivity contribution in [1.29, 1.82) is 0 Å². The predicted octanol–water partition coefficient (Wildman–Crippen LogP) is 2.51. The first-order valence-corrected chi connectivity index (χ1v) is 9.74. The summed E-state index contributed by atoms with van der Waals surface area (Å²) in [7, 11) is 0. The van der Waals surface area contributed by atoms with E-state index >= 15 is 0 Å². The van der Waals surface area contributed by atoms with Crippen molar-refractivity contribution >= 4 is 23.4 Å². The second-order valence-electron chi connectivity index (χ2n) is 6.13. The normalized spacial score (nSPS) is 16.7. The van der Waals surface area contributed by atoms with Gasteiger partial charge in [-0.1, -0.05) is 12.1 Å². The summed E-state index contributed by atoms with van der Waals surface area (Å²) in [6, 6.07) is 10.0. The van der Waals surface area contributed by atoms with Gasteiger partial charge in [0.05, 0.1) is 0 Å². The van der Waals surface area contributed by atoms with Crippen molar-refractivity contribution in [3.8, 4) is 0 Å². The van der Waals surface area contributed by atoms with Gasteiger partial charge in [0.1, 0.15) is 5.54 Å². The zero-order chi connectivity index (χ0) is 16.8. The molecule has 6 heteroatoms. The van der Waals surface area contributed by atoms with E-state index in [9.17, 15) is 4.79 Å². The minimum Gasteiger partial charge on any atom is -0.324 e. The molecule has 0 spiro atoms. The molecule has 24 heavy (non-hydrogen) atoms. The molecule has 2 heterocycles. The number of carbonyl (C=O) groups excluding carboxylic acids is 1. The summed E-state index contributed by atoms with van der Waals surface area (Å²) in [5, 5.41) is 10.8. The van der Waals surface area contributed by atoms with Crippen LogP contribution in [0.1, 0.15) is 18.4 Å². The van der Waals surface area contributed by atoms with Gasteiger partial charge in [0.2, 0.25) is 0 Å². The molecule has 0 saturated carbocycles. The number of nitrogens with one attached hydrogen (secondary N) is 2. The monoisotopic (exact) mass is 344 g/mol. The van der Waals surface area contributed by atoms with Gasteiger partial charge < -0.3 is 10.6 Å². The zero-order valence-corrected chi connectivity index (χ0v) is 14.8. The minimum absolute atomic E-state index is 0.0181. The van der Waals surface area contributed by atoms with Gasteiger partial charge >= 0.3 is 0 Å². The highest BCUT2D eigenvalue weighted by Crippen LogP contribution is 2.28. The van der Waals surface area contributed by atoms with Crippen LogP contribution in [-0.2, 0) is 16.8 Å². The lowest BCUT2D eigenvalue weighted by atomic mass is 9.87. The Labute approximate surface area is 147 Å². The van der Waals surface area contributed by atoms with E-state index in [0.717, 1.165) is 43.8 Å². The Morgan fingerprint density at radius 3 is 2.71 bits per heavy atom. The Balaban J connectivity index is 1.74. The van der Waals surface area contributed by atoms with Gasteiger partial charge in [-0.3, -0.25) is 9.48 Å². The minimum atomic E-state index is -0.605. The number of hydrogen-bond donors (Lipinski definition) is 2. The number of piperidine rings is 1. The number of hydrogen-bond acceptors (Lipinski definition) is 4. The molecular weight excluding hydrogens is 320 g/mol. The van der Waals surface area contributed by atoms with Crippen LogP contribution >= 0.6 is 11.8 Å². The third-order valence-electron chi connectivity index (χ3n) is 4.60. The van der Waals surface area contributed by atoms with E-state index in [4.69, 9.17) is 0 Å². The molecule has 0 unspecified atom stereocenters. The van der Waals surface area contributed by atoms with Crippen LogP contribution in [0.2, 0.25) is 0 Å².